The molecular formula is C30H38F2N2O7Si. The van der Waals surface area contributed by atoms with Crippen LogP contribution < -0.4 is 5.56 Å². The van der Waals surface area contributed by atoms with Gasteiger partial charge in [-0.15, -0.1) is 0 Å². The standard InChI is InChI=1S/C30H38F2N2O7Si/c1-29(2,3)40-28(39)34(15-17-9-10-20(27(37)38)25(32)24(17)31)16-22(41-42(7,8)30(4,5)6)18-11-13-21(35)26-19(18)12-14-23(36)33-26/h9-14,22,35H,15-16H2,1-8H3,(H,33,36)(H,37,38)/t22-/m0/s1. The molecule has 0 spiro atoms. The molecule has 0 saturated heterocycles. The fourth-order valence-corrected chi connectivity index (χ4v) is 5.35. The van der Waals surface area contributed by atoms with Crippen LogP contribution in [-0.2, 0) is 15.7 Å². The number of carboxylic acids is 1. The number of aromatic hydroxyl groups is 1. The quantitative estimate of drug-likeness (QED) is 0.244. The highest BCUT2D eigenvalue weighted by Gasteiger charge is 2.41. The third-order valence-corrected chi connectivity index (χ3v) is 11.8. The second-order valence-corrected chi connectivity index (χ2v) is 17.5. The van der Waals surface area contributed by atoms with Crippen LogP contribution in [-0.4, -0.2) is 52.6 Å². The zero-order valence-corrected chi connectivity index (χ0v) is 26.1. The molecule has 0 unspecified atom stereocenters. The number of amides is 1. The Kier molecular flexibility index (Phi) is 9.23. The van der Waals surface area contributed by atoms with Crippen molar-refractivity contribution in [3.8, 4) is 5.75 Å². The Balaban J connectivity index is 2.18. The average molecular weight is 605 g/mol. The minimum absolute atomic E-state index is 0.155. The van der Waals surface area contributed by atoms with E-state index in [-0.39, 0.29) is 28.4 Å². The van der Waals surface area contributed by atoms with Gasteiger partial charge in [-0.05, 0) is 62.7 Å². The molecule has 228 valence electrons. The largest absolute Gasteiger partial charge is 0.506 e. The van der Waals surface area contributed by atoms with Crippen molar-refractivity contribution in [1.82, 2.24) is 9.88 Å². The summed E-state index contributed by atoms with van der Waals surface area (Å²) < 4.78 is 42.1. The summed E-state index contributed by atoms with van der Waals surface area (Å²) in [7, 11) is -2.56. The van der Waals surface area contributed by atoms with Gasteiger partial charge in [0.25, 0.3) is 0 Å². The maximum atomic E-state index is 15.1. The number of ether oxygens (including phenoxy) is 1. The number of aromatic nitrogens is 1. The maximum absolute atomic E-state index is 15.1. The molecule has 3 N–H and O–H groups in total. The summed E-state index contributed by atoms with van der Waals surface area (Å²) in [5.41, 5.74) is -1.70. The fraction of sp³-hybridized carbons (Fsp3) is 0.433. The number of hydrogen-bond donors (Lipinski definition) is 3. The smallest absolute Gasteiger partial charge is 0.410 e. The Morgan fingerprint density at radius 3 is 2.21 bits per heavy atom. The van der Waals surface area contributed by atoms with Gasteiger partial charge >= 0.3 is 12.1 Å². The van der Waals surface area contributed by atoms with Crippen LogP contribution in [0.2, 0.25) is 18.1 Å². The van der Waals surface area contributed by atoms with Gasteiger partial charge < -0.3 is 29.3 Å². The second-order valence-electron chi connectivity index (χ2n) is 12.7. The van der Waals surface area contributed by atoms with Gasteiger partial charge in [0.1, 0.15) is 11.4 Å². The van der Waals surface area contributed by atoms with Crippen LogP contribution in [0.4, 0.5) is 13.6 Å². The van der Waals surface area contributed by atoms with Gasteiger partial charge in [-0.2, -0.15) is 0 Å². The third-order valence-electron chi connectivity index (χ3n) is 7.29. The molecule has 9 nitrogen and oxygen atoms in total. The van der Waals surface area contributed by atoms with Crippen LogP contribution in [0.15, 0.2) is 41.2 Å². The highest BCUT2D eigenvalue weighted by atomic mass is 28.4. The molecular weight excluding hydrogens is 566 g/mol. The minimum Gasteiger partial charge on any atom is -0.506 e. The summed E-state index contributed by atoms with van der Waals surface area (Å²) in [5, 5.41) is 19.9. The van der Waals surface area contributed by atoms with Crippen molar-refractivity contribution >= 4 is 31.3 Å². The molecule has 42 heavy (non-hydrogen) atoms. The van der Waals surface area contributed by atoms with Crippen molar-refractivity contribution < 1.29 is 37.7 Å². The molecule has 1 amide bonds. The normalized spacial score (nSPS) is 13.2. The van der Waals surface area contributed by atoms with Crippen molar-refractivity contribution in [1.29, 1.82) is 0 Å². The number of phenols is 1. The lowest BCUT2D eigenvalue weighted by Gasteiger charge is -2.41. The second kappa shape index (κ2) is 11.8. The van der Waals surface area contributed by atoms with Crippen LogP contribution in [0, 0.1) is 11.6 Å². The van der Waals surface area contributed by atoms with E-state index >= 15 is 4.39 Å². The fourth-order valence-electron chi connectivity index (χ4n) is 4.08. The molecule has 3 aromatic rings. The number of rotatable bonds is 8. The van der Waals surface area contributed by atoms with Crippen molar-refractivity contribution in [2.75, 3.05) is 6.54 Å². The topological polar surface area (TPSA) is 129 Å². The van der Waals surface area contributed by atoms with Gasteiger partial charge in [-0.1, -0.05) is 32.9 Å². The van der Waals surface area contributed by atoms with E-state index in [4.69, 9.17) is 9.16 Å². The highest BCUT2D eigenvalue weighted by molar-refractivity contribution is 6.74. The summed E-state index contributed by atoms with van der Waals surface area (Å²) >= 11 is 0. The Morgan fingerprint density at radius 1 is 1.00 bits per heavy atom. The lowest BCUT2D eigenvalue weighted by molar-refractivity contribution is 0.0134. The first-order valence-electron chi connectivity index (χ1n) is 13.4. The predicted octanol–water partition coefficient (Wildman–Crippen LogP) is 6.71. The molecule has 1 atom stereocenters. The van der Waals surface area contributed by atoms with Crippen molar-refractivity contribution in [3.05, 3.63) is 75.1 Å². The van der Waals surface area contributed by atoms with E-state index in [1.165, 1.54) is 17.0 Å². The minimum atomic E-state index is -2.56. The molecule has 0 radical (unpaired) electrons. The van der Waals surface area contributed by atoms with E-state index in [2.05, 4.69) is 4.98 Å². The lowest BCUT2D eigenvalue weighted by atomic mass is 10.0. The molecule has 1 aromatic heterocycles. The molecule has 0 saturated carbocycles. The van der Waals surface area contributed by atoms with Crippen LogP contribution in [0.1, 0.15) is 69.1 Å². The van der Waals surface area contributed by atoms with E-state index in [1.807, 2.05) is 33.9 Å². The van der Waals surface area contributed by atoms with E-state index in [0.717, 1.165) is 12.1 Å². The van der Waals surface area contributed by atoms with Crippen molar-refractivity contribution in [3.63, 3.8) is 0 Å². The number of carboxylic acid groups (broad SMARTS) is 1. The Labute approximate surface area is 244 Å². The number of carbonyl (C=O) groups excluding carboxylic acids is 1. The zero-order chi connectivity index (χ0) is 31.8. The number of nitrogens with one attached hydrogen (secondary N) is 1. The number of fused-ring (bicyclic) bond motifs is 1. The van der Waals surface area contributed by atoms with Crippen LogP contribution in [0.25, 0.3) is 10.9 Å². The monoisotopic (exact) mass is 604 g/mol. The molecule has 3 rings (SSSR count). The first kappa shape index (κ1) is 32.7. The maximum Gasteiger partial charge on any atom is 0.410 e. The number of aromatic carboxylic acids is 1. The Morgan fingerprint density at radius 2 is 1.64 bits per heavy atom. The van der Waals surface area contributed by atoms with E-state index in [0.29, 0.717) is 10.9 Å². The van der Waals surface area contributed by atoms with Crippen LogP contribution >= 0.6 is 0 Å². The summed E-state index contributed by atoms with van der Waals surface area (Å²) in [5.74, 6) is -4.70. The lowest BCUT2D eigenvalue weighted by Crippen LogP contribution is -2.45. The zero-order valence-electron chi connectivity index (χ0n) is 25.1. The molecule has 12 heteroatoms. The predicted molar refractivity (Wildman–Crippen MR) is 157 cm³/mol. The van der Waals surface area contributed by atoms with Gasteiger partial charge in [0.2, 0.25) is 5.56 Å². The summed E-state index contributed by atoms with van der Waals surface area (Å²) in [6, 6.07) is 7.95. The first-order chi connectivity index (χ1) is 19.2. The van der Waals surface area contributed by atoms with Crippen LogP contribution in [0.3, 0.4) is 0 Å². The number of aromatic amines is 1. The van der Waals surface area contributed by atoms with E-state index in [1.54, 1.807) is 32.9 Å². The number of H-pyrrole nitrogens is 1. The number of phenolic OH excluding ortho intramolecular Hbond substituents is 1. The van der Waals surface area contributed by atoms with Crippen molar-refractivity contribution in [2.45, 2.75) is 77.9 Å². The van der Waals surface area contributed by atoms with Gasteiger partial charge in [0, 0.05) is 17.0 Å². The molecule has 0 fully saturated rings. The molecule has 0 bridgehead atoms. The van der Waals surface area contributed by atoms with Gasteiger partial charge in [-0.25, -0.2) is 18.4 Å². The molecule has 0 aliphatic rings. The van der Waals surface area contributed by atoms with Gasteiger partial charge in [0.05, 0.1) is 30.3 Å². The van der Waals surface area contributed by atoms with Crippen molar-refractivity contribution in [2.24, 2.45) is 0 Å². The average Bonchev–Trinajstić information content (AvgIpc) is 2.84. The first-order valence-corrected chi connectivity index (χ1v) is 16.3. The molecule has 1 heterocycles. The third kappa shape index (κ3) is 7.35. The number of nitrogens with zero attached hydrogens (tertiary/aromatic N) is 1. The van der Waals surface area contributed by atoms with E-state index < -0.39 is 61.4 Å². The number of benzene rings is 2. The number of carbonyl (C=O) groups is 2. The van der Waals surface area contributed by atoms with Gasteiger partial charge in [0.15, 0.2) is 20.0 Å². The SMILES string of the molecule is CC(C)(C)OC(=O)N(Cc1ccc(C(=O)O)c(F)c1F)C[C@H](O[Si](C)(C)C(C)(C)C)c1ccc(O)c2[nH]c(=O)ccc12. The highest BCUT2D eigenvalue weighted by Crippen LogP contribution is 2.41. The summed E-state index contributed by atoms with van der Waals surface area (Å²) in [4.78, 5) is 40.6. The molecule has 0 aliphatic heterocycles. The van der Waals surface area contributed by atoms with Crippen LogP contribution in [0.5, 0.6) is 5.75 Å². The number of halogens is 2. The summed E-state index contributed by atoms with van der Waals surface area (Å²) in [6.45, 7) is 14.5. The Hall–Kier alpha value is -3.77. The number of hydrogen-bond acceptors (Lipinski definition) is 6. The number of pyridine rings is 1. The molecule has 2 aromatic carbocycles. The summed E-state index contributed by atoms with van der Waals surface area (Å²) in [6.07, 6.45) is -1.68. The Bertz CT molecular complexity index is 1560. The molecule has 0 aliphatic carbocycles. The van der Waals surface area contributed by atoms with E-state index in [9.17, 15) is 29.0 Å². The van der Waals surface area contributed by atoms with Gasteiger partial charge in [-0.3, -0.25) is 4.79 Å².